The van der Waals surface area contributed by atoms with Gasteiger partial charge in [0.15, 0.2) is 0 Å². The average molecular weight is 352 g/mol. The number of aromatic nitrogens is 1. The van der Waals surface area contributed by atoms with E-state index in [9.17, 15) is 4.79 Å². The first-order valence-corrected chi connectivity index (χ1v) is 8.65. The zero-order valence-corrected chi connectivity index (χ0v) is 15.4. The molecule has 1 heterocycles. The Morgan fingerprint density at radius 2 is 2.00 bits per heavy atom. The van der Waals surface area contributed by atoms with Crippen LogP contribution in [0.1, 0.15) is 27.2 Å². The summed E-state index contributed by atoms with van der Waals surface area (Å²) in [6.45, 7) is 3.64. The number of ether oxygens (including phenoxy) is 2. The van der Waals surface area contributed by atoms with Gasteiger partial charge in [0, 0.05) is 23.1 Å². The summed E-state index contributed by atoms with van der Waals surface area (Å²) in [6.07, 6.45) is 0.912. The van der Waals surface area contributed by atoms with E-state index in [1.165, 1.54) is 23.8 Å². The third-order valence-corrected chi connectivity index (χ3v) is 4.56. The van der Waals surface area contributed by atoms with Crippen molar-refractivity contribution in [2.45, 2.75) is 19.9 Å². The molecule has 0 atom stereocenters. The summed E-state index contributed by atoms with van der Waals surface area (Å²) in [5.74, 6) is 0.556. The van der Waals surface area contributed by atoms with Crippen LogP contribution in [-0.2, 0) is 17.7 Å². The minimum Gasteiger partial charge on any atom is -0.497 e. The summed E-state index contributed by atoms with van der Waals surface area (Å²) >= 11 is 0. The van der Waals surface area contributed by atoms with Gasteiger partial charge in [-0.1, -0.05) is 12.1 Å². The molecule has 136 valence electrons. The summed E-state index contributed by atoms with van der Waals surface area (Å²) in [5, 5.41) is 4.65. The molecule has 2 N–H and O–H groups in total. The number of hydrogen-bond donors (Lipinski definition) is 2. The quantitative estimate of drug-likeness (QED) is 0.504. The predicted molar refractivity (Wildman–Crippen MR) is 103 cm³/mol. The van der Waals surface area contributed by atoms with E-state index in [2.05, 4.69) is 29.4 Å². The van der Waals surface area contributed by atoms with Gasteiger partial charge in [-0.3, -0.25) is 0 Å². The van der Waals surface area contributed by atoms with Gasteiger partial charge in [0.05, 0.1) is 19.8 Å². The molecular formula is C21H24N2O3. The van der Waals surface area contributed by atoms with Crippen molar-refractivity contribution in [1.82, 2.24) is 10.3 Å². The molecule has 0 spiro atoms. The first kappa shape index (κ1) is 18.0. The van der Waals surface area contributed by atoms with Crippen molar-refractivity contribution in [3.05, 3.63) is 64.8 Å². The number of aryl methyl sites for hydroxylation is 1. The number of rotatable bonds is 7. The summed E-state index contributed by atoms with van der Waals surface area (Å²) in [4.78, 5) is 15.0. The molecule has 3 rings (SSSR count). The molecule has 0 aliphatic rings. The predicted octanol–water partition coefficient (Wildman–Crippen LogP) is 3.60. The summed E-state index contributed by atoms with van der Waals surface area (Å²) in [5.41, 5.74) is 5.25. The van der Waals surface area contributed by atoms with Gasteiger partial charge < -0.3 is 19.8 Å². The van der Waals surface area contributed by atoms with Gasteiger partial charge in [-0.25, -0.2) is 4.79 Å². The third-order valence-electron chi connectivity index (χ3n) is 4.56. The summed E-state index contributed by atoms with van der Waals surface area (Å²) in [6, 6.07) is 13.6. The van der Waals surface area contributed by atoms with Crippen molar-refractivity contribution in [2.24, 2.45) is 0 Å². The number of H-pyrrole nitrogens is 1. The highest BCUT2D eigenvalue weighted by molar-refractivity contribution is 5.89. The largest absolute Gasteiger partial charge is 0.497 e. The molecule has 26 heavy (non-hydrogen) atoms. The van der Waals surface area contributed by atoms with E-state index in [0.29, 0.717) is 12.1 Å². The molecule has 0 saturated carbocycles. The van der Waals surface area contributed by atoms with E-state index in [1.54, 1.807) is 13.2 Å². The van der Waals surface area contributed by atoms with Gasteiger partial charge in [-0.2, -0.15) is 0 Å². The van der Waals surface area contributed by atoms with Crippen LogP contribution in [-0.4, -0.2) is 31.7 Å². The van der Waals surface area contributed by atoms with Crippen LogP contribution in [0.2, 0.25) is 0 Å². The molecule has 5 nitrogen and oxygen atoms in total. The normalized spacial score (nSPS) is 10.9. The number of carbonyl (C=O) groups excluding carboxylic acids is 1. The summed E-state index contributed by atoms with van der Waals surface area (Å²) < 4.78 is 10.1. The van der Waals surface area contributed by atoms with Crippen molar-refractivity contribution >= 4 is 16.9 Å². The minimum atomic E-state index is -0.310. The zero-order chi connectivity index (χ0) is 18.5. The highest BCUT2D eigenvalue weighted by Gasteiger charge is 2.09. The number of fused-ring (bicyclic) bond motifs is 1. The highest BCUT2D eigenvalue weighted by atomic mass is 16.5. The van der Waals surface area contributed by atoms with Crippen LogP contribution in [0.15, 0.2) is 42.5 Å². The number of nitrogens with one attached hydrogen (secondary N) is 2. The SMILES string of the molecule is COC(=O)c1cccc(CNCCc2c(C)[nH]c3ccc(OC)cc23)c1. The van der Waals surface area contributed by atoms with Crippen molar-refractivity contribution in [3.63, 3.8) is 0 Å². The Hall–Kier alpha value is -2.79. The summed E-state index contributed by atoms with van der Waals surface area (Å²) in [7, 11) is 3.08. The molecule has 0 amide bonds. The smallest absolute Gasteiger partial charge is 0.337 e. The maximum absolute atomic E-state index is 11.6. The van der Waals surface area contributed by atoms with E-state index in [1.807, 2.05) is 24.3 Å². The van der Waals surface area contributed by atoms with Gasteiger partial charge in [-0.05, 0) is 61.3 Å². The Morgan fingerprint density at radius 1 is 1.15 bits per heavy atom. The number of hydrogen-bond acceptors (Lipinski definition) is 4. The monoisotopic (exact) mass is 352 g/mol. The lowest BCUT2D eigenvalue weighted by atomic mass is 10.1. The lowest BCUT2D eigenvalue weighted by molar-refractivity contribution is 0.0600. The van der Waals surface area contributed by atoms with Crippen LogP contribution in [0.5, 0.6) is 5.75 Å². The fourth-order valence-corrected chi connectivity index (χ4v) is 3.18. The molecule has 0 fully saturated rings. The Kier molecular flexibility index (Phi) is 5.58. The third kappa shape index (κ3) is 3.89. The van der Waals surface area contributed by atoms with E-state index in [0.717, 1.165) is 29.8 Å². The standard InChI is InChI=1S/C21H24N2O3/c1-14-18(19-12-17(25-2)7-8-20(19)23-14)9-10-22-13-15-5-4-6-16(11-15)21(24)26-3/h4-8,11-12,22-23H,9-10,13H2,1-3H3. The number of methoxy groups -OCH3 is 2. The molecule has 0 radical (unpaired) electrons. The van der Waals surface area contributed by atoms with E-state index < -0.39 is 0 Å². The Labute approximate surface area is 153 Å². The lowest BCUT2D eigenvalue weighted by Crippen LogP contribution is -2.17. The highest BCUT2D eigenvalue weighted by Crippen LogP contribution is 2.26. The number of carbonyl (C=O) groups is 1. The molecule has 0 unspecified atom stereocenters. The number of benzene rings is 2. The van der Waals surface area contributed by atoms with Crippen LogP contribution < -0.4 is 10.1 Å². The lowest BCUT2D eigenvalue weighted by Gasteiger charge is -2.07. The first-order valence-electron chi connectivity index (χ1n) is 8.65. The second-order valence-electron chi connectivity index (χ2n) is 6.26. The van der Waals surface area contributed by atoms with E-state index in [4.69, 9.17) is 9.47 Å². The maximum Gasteiger partial charge on any atom is 0.337 e. The van der Waals surface area contributed by atoms with Gasteiger partial charge >= 0.3 is 5.97 Å². The molecule has 1 aromatic heterocycles. The zero-order valence-electron chi connectivity index (χ0n) is 15.4. The Bertz CT molecular complexity index is 915. The fraction of sp³-hybridized carbons (Fsp3) is 0.286. The van der Waals surface area contributed by atoms with E-state index in [-0.39, 0.29) is 5.97 Å². The molecule has 0 bridgehead atoms. The van der Waals surface area contributed by atoms with Crippen LogP contribution in [0, 0.1) is 6.92 Å². The molecule has 0 aliphatic heterocycles. The average Bonchev–Trinajstić information content (AvgIpc) is 2.99. The molecule has 3 aromatic rings. The second kappa shape index (κ2) is 8.06. The number of esters is 1. The minimum absolute atomic E-state index is 0.310. The molecule has 0 saturated heterocycles. The van der Waals surface area contributed by atoms with Crippen LogP contribution in [0.3, 0.4) is 0 Å². The van der Waals surface area contributed by atoms with Gasteiger partial charge in [0.1, 0.15) is 5.75 Å². The second-order valence-corrected chi connectivity index (χ2v) is 6.26. The van der Waals surface area contributed by atoms with E-state index >= 15 is 0 Å². The Morgan fingerprint density at radius 3 is 2.77 bits per heavy atom. The molecule has 0 aliphatic carbocycles. The van der Waals surface area contributed by atoms with Crippen LogP contribution in [0.25, 0.3) is 10.9 Å². The maximum atomic E-state index is 11.6. The van der Waals surface area contributed by atoms with Gasteiger partial charge in [0.2, 0.25) is 0 Å². The van der Waals surface area contributed by atoms with Crippen LogP contribution >= 0.6 is 0 Å². The molecule has 5 heteroatoms. The van der Waals surface area contributed by atoms with Crippen molar-refractivity contribution in [2.75, 3.05) is 20.8 Å². The van der Waals surface area contributed by atoms with Crippen LogP contribution in [0.4, 0.5) is 0 Å². The fourth-order valence-electron chi connectivity index (χ4n) is 3.18. The van der Waals surface area contributed by atoms with Crippen molar-refractivity contribution in [1.29, 1.82) is 0 Å². The topological polar surface area (TPSA) is 63.3 Å². The number of aromatic amines is 1. The molecular weight excluding hydrogens is 328 g/mol. The van der Waals surface area contributed by atoms with Crippen molar-refractivity contribution < 1.29 is 14.3 Å². The Balaban J connectivity index is 1.63. The van der Waals surface area contributed by atoms with Gasteiger partial charge in [0.25, 0.3) is 0 Å². The first-order chi connectivity index (χ1) is 12.6. The van der Waals surface area contributed by atoms with Gasteiger partial charge in [-0.15, -0.1) is 0 Å². The molecule has 2 aromatic carbocycles. The van der Waals surface area contributed by atoms with Crippen molar-refractivity contribution in [3.8, 4) is 5.75 Å².